The highest BCUT2D eigenvalue weighted by Gasteiger charge is 2.23. The second-order valence-electron chi connectivity index (χ2n) is 4.35. The quantitative estimate of drug-likeness (QED) is 0.841. The SMILES string of the molecule is Cc1ccc(Cl)c2nc(Cl)nc(NC3CC3)c12. The van der Waals surface area contributed by atoms with Crippen LogP contribution in [0.1, 0.15) is 18.4 Å². The molecular weight excluding hydrogens is 257 g/mol. The Hall–Kier alpha value is -1.06. The molecule has 17 heavy (non-hydrogen) atoms. The van der Waals surface area contributed by atoms with Crippen LogP contribution in [-0.2, 0) is 0 Å². The van der Waals surface area contributed by atoms with Gasteiger partial charge in [0.15, 0.2) is 0 Å². The van der Waals surface area contributed by atoms with E-state index in [9.17, 15) is 0 Å². The van der Waals surface area contributed by atoms with Crippen LogP contribution in [-0.4, -0.2) is 16.0 Å². The van der Waals surface area contributed by atoms with Gasteiger partial charge in [0.1, 0.15) is 5.82 Å². The summed E-state index contributed by atoms with van der Waals surface area (Å²) >= 11 is 12.1. The molecule has 3 nitrogen and oxygen atoms in total. The molecule has 1 aromatic carbocycles. The van der Waals surface area contributed by atoms with Crippen LogP contribution in [0.15, 0.2) is 12.1 Å². The van der Waals surface area contributed by atoms with E-state index in [1.54, 1.807) is 0 Å². The van der Waals surface area contributed by atoms with Crippen LogP contribution in [0.4, 0.5) is 5.82 Å². The fraction of sp³-hybridized carbons (Fsp3) is 0.333. The fourth-order valence-electron chi connectivity index (χ4n) is 1.87. The van der Waals surface area contributed by atoms with Crippen molar-refractivity contribution in [2.45, 2.75) is 25.8 Å². The Morgan fingerprint density at radius 3 is 2.71 bits per heavy atom. The Morgan fingerprint density at radius 2 is 2.00 bits per heavy atom. The highest BCUT2D eigenvalue weighted by atomic mass is 35.5. The maximum Gasteiger partial charge on any atom is 0.224 e. The van der Waals surface area contributed by atoms with Gasteiger partial charge in [0.2, 0.25) is 5.28 Å². The molecule has 0 unspecified atom stereocenters. The number of rotatable bonds is 2. The molecule has 0 bridgehead atoms. The van der Waals surface area contributed by atoms with Crippen LogP contribution in [0.2, 0.25) is 10.3 Å². The van der Waals surface area contributed by atoms with Crippen molar-refractivity contribution in [3.63, 3.8) is 0 Å². The van der Waals surface area contributed by atoms with Crippen LogP contribution in [0, 0.1) is 6.92 Å². The Morgan fingerprint density at radius 1 is 1.24 bits per heavy atom. The third-order valence-electron chi connectivity index (χ3n) is 2.90. The van der Waals surface area contributed by atoms with Gasteiger partial charge in [-0.2, -0.15) is 0 Å². The van der Waals surface area contributed by atoms with Gasteiger partial charge in [-0.05, 0) is 43.0 Å². The lowest BCUT2D eigenvalue weighted by Crippen LogP contribution is -2.05. The number of aryl methyl sites for hydroxylation is 1. The van der Waals surface area contributed by atoms with Gasteiger partial charge in [-0.15, -0.1) is 0 Å². The van der Waals surface area contributed by atoms with E-state index in [4.69, 9.17) is 23.2 Å². The molecule has 0 aliphatic heterocycles. The minimum absolute atomic E-state index is 0.230. The molecule has 0 saturated heterocycles. The molecule has 1 aliphatic rings. The van der Waals surface area contributed by atoms with Gasteiger partial charge in [0, 0.05) is 11.4 Å². The number of nitrogens with one attached hydrogen (secondary N) is 1. The first-order chi connectivity index (χ1) is 8.15. The molecule has 0 atom stereocenters. The highest BCUT2D eigenvalue weighted by Crippen LogP contribution is 2.33. The van der Waals surface area contributed by atoms with Crippen LogP contribution in [0.5, 0.6) is 0 Å². The molecule has 1 saturated carbocycles. The van der Waals surface area contributed by atoms with Crippen molar-refractivity contribution >= 4 is 39.9 Å². The maximum atomic E-state index is 6.15. The zero-order valence-electron chi connectivity index (χ0n) is 9.30. The first-order valence-corrected chi connectivity index (χ1v) is 6.29. The first-order valence-electron chi connectivity index (χ1n) is 5.54. The van der Waals surface area contributed by atoms with Crippen molar-refractivity contribution in [3.05, 3.63) is 28.0 Å². The van der Waals surface area contributed by atoms with E-state index in [0.29, 0.717) is 11.1 Å². The first kappa shape index (κ1) is 11.1. The Kier molecular flexibility index (Phi) is 2.60. The van der Waals surface area contributed by atoms with Crippen molar-refractivity contribution in [2.75, 3.05) is 5.32 Å². The molecule has 2 aromatic rings. The molecular formula is C12H11Cl2N3. The number of nitrogens with zero attached hydrogens (tertiary/aromatic N) is 2. The highest BCUT2D eigenvalue weighted by molar-refractivity contribution is 6.36. The smallest absolute Gasteiger partial charge is 0.224 e. The summed E-state index contributed by atoms with van der Waals surface area (Å²) in [6.45, 7) is 2.02. The zero-order chi connectivity index (χ0) is 12.0. The summed E-state index contributed by atoms with van der Waals surface area (Å²) in [5.41, 5.74) is 1.82. The molecule has 1 heterocycles. The number of benzene rings is 1. The molecule has 1 fully saturated rings. The van der Waals surface area contributed by atoms with Crippen molar-refractivity contribution in [1.82, 2.24) is 9.97 Å². The number of halogens is 2. The summed E-state index contributed by atoms with van der Waals surface area (Å²) in [5.74, 6) is 0.794. The summed E-state index contributed by atoms with van der Waals surface area (Å²) in [4.78, 5) is 8.47. The van der Waals surface area contributed by atoms with Gasteiger partial charge in [-0.3, -0.25) is 0 Å². The molecule has 0 amide bonds. The predicted octanol–water partition coefficient (Wildman–Crippen LogP) is 3.82. The summed E-state index contributed by atoms with van der Waals surface area (Å²) in [5, 5.41) is 5.18. The van der Waals surface area contributed by atoms with Crippen LogP contribution >= 0.6 is 23.2 Å². The molecule has 1 N–H and O–H groups in total. The third-order valence-corrected chi connectivity index (χ3v) is 3.37. The predicted molar refractivity (Wildman–Crippen MR) is 70.9 cm³/mol. The van der Waals surface area contributed by atoms with E-state index in [1.807, 2.05) is 19.1 Å². The van der Waals surface area contributed by atoms with E-state index in [-0.39, 0.29) is 5.28 Å². The van der Waals surface area contributed by atoms with Gasteiger partial charge >= 0.3 is 0 Å². The fourth-order valence-corrected chi connectivity index (χ4v) is 2.23. The summed E-state index contributed by atoms with van der Waals surface area (Å²) in [6, 6.07) is 4.33. The topological polar surface area (TPSA) is 37.8 Å². The second-order valence-corrected chi connectivity index (χ2v) is 5.09. The van der Waals surface area contributed by atoms with E-state index in [0.717, 1.165) is 22.3 Å². The van der Waals surface area contributed by atoms with Crippen LogP contribution in [0.25, 0.3) is 10.9 Å². The number of anilines is 1. The Labute approximate surface area is 109 Å². The summed E-state index contributed by atoms with van der Waals surface area (Å²) < 4.78 is 0. The molecule has 3 rings (SSSR count). The van der Waals surface area contributed by atoms with Crippen molar-refractivity contribution in [2.24, 2.45) is 0 Å². The van der Waals surface area contributed by atoms with Crippen molar-refractivity contribution < 1.29 is 0 Å². The lowest BCUT2D eigenvalue weighted by molar-refractivity contribution is 1.10. The van der Waals surface area contributed by atoms with Crippen LogP contribution < -0.4 is 5.32 Å². The third kappa shape index (κ3) is 2.05. The van der Waals surface area contributed by atoms with Crippen LogP contribution in [0.3, 0.4) is 0 Å². The Bertz CT molecular complexity index is 594. The summed E-state index contributed by atoms with van der Waals surface area (Å²) in [7, 11) is 0. The average Bonchev–Trinajstić information content (AvgIpc) is 3.07. The number of fused-ring (bicyclic) bond motifs is 1. The monoisotopic (exact) mass is 267 g/mol. The summed E-state index contributed by atoms with van der Waals surface area (Å²) in [6.07, 6.45) is 2.37. The minimum Gasteiger partial charge on any atom is -0.367 e. The zero-order valence-corrected chi connectivity index (χ0v) is 10.8. The average molecular weight is 268 g/mol. The van der Waals surface area contributed by atoms with E-state index in [1.165, 1.54) is 12.8 Å². The molecule has 5 heteroatoms. The number of hydrogen-bond donors (Lipinski definition) is 1. The van der Waals surface area contributed by atoms with E-state index >= 15 is 0 Å². The minimum atomic E-state index is 0.230. The Balaban J connectivity index is 2.27. The lowest BCUT2D eigenvalue weighted by Gasteiger charge is -2.11. The van der Waals surface area contributed by atoms with Gasteiger partial charge < -0.3 is 5.32 Å². The number of aromatic nitrogens is 2. The normalized spacial score (nSPS) is 15.2. The maximum absolute atomic E-state index is 6.15. The second kappa shape index (κ2) is 4.00. The largest absolute Gasteiger partial charge is 0.367 e. The van der Waals surface area contributed by atoms with Gasteiger partial charge in [0.05, 0.1) is 10.5 Å². The molecule has 88 valence electrons. The standard InChI is InChI=1S/C12H11Cl2N3/c1-6-2-5-8(13)10-9(6)11(15-7-3-4-7)17-12(14)16-10/h2,5,7H,3-4H2,1H3,(H,15,16,17). The van der Waals surface area contributed by atoms with Crippen molar-refractivity contribution in [3.8, 4) is 0 Å². The molecule has 1 aromatic heterocycles. The lowest BCUT2D eigenvalue weighted by atomic mass is 10.1. The molecule has 0 spiro atoms. The van der Waals surface area contributed by atoms with E-state index < -0.39 is 0 Å². The van der Waals surface area contributed by atoms with Gasteiger partial charge in [-0.25, -0.2) is 9.97 Å². The molecule has 1 aliphatic carbocycles. The van der Waals surface area contributed by atoms with Gasteiger partial charge in [0.25, 0.3) is 0 Å². The number of hydrogen-bond acceptors (Lipinski definition) is 3. The molecule has 0 radical (unpaired) electrons. The van der Waals surface area contributed by atoms with E-state index in [2.05, 4.69) is 15.3 Å². The van der Waals surface area contributed by atoms with Gasteiger partial charge in [-0.1, -0.05) is 17.7 Å². The van der Waals surface area contributed by atoms with Crippen molar-refractivity contribution in [1.29, 1.82) is 0 Å².